The average molecular weight is 349 g/mol. The Bertz CT molecular complexity index is 727. The van der Waals surface area contributed by atoms with Gasteiger partial charge in [-0.3, -0.25) is 0 Å². The molecule has 0 atom stereocenters. The maximum atomic E-state index is 13.8. The second-order valence-corrected chi connectivity index (χ2v) is 5.08. The molecule has 130 valence electrons. The summed E-state index contributed by atoms with van der Waals surface area (Å²) < 4.78 is 71.9. The van der Waals surface area contributed by atoms with Crippen LogP contribution in [0, 0.1) is 40.4 Å². The molecule has 0 aromatic heterocycles. The molecule has 1 aliphatic rings. The molecule has 0 amide bonds. The Hall–Kier alpha value is -2.45. The first kappa shape index (κ1) is 17.9. The summed E-state index contributed by atoms with van der Waals surface area (Å²) in [5.41, 5.74) is -3.06. The number of carbonyl (C=O) groups is 1. The van der Waals surface area contributed by atoms with Crippen LogP contribution in [0.3, 0.4) is 0 Å². The van der Waals surface area contributed by atoms with Gasteiger partial charge in [-0.15, -0.1) is 0 Å². The highest BCUT2D eigenvalue weighted by Crippen LogP contribution is 2.36. The Morgan fingerprint density at radius 3 is 1.96 bits per heavy atom. The topological polar surface area (TPSA) is 70.4 Å². The summed E-state index contributed by atoms with van der Waals surface area (Å²) in [6.07, 6.45) is 0.984. The number of ether oxygens (including phenoxy) is 1. The summed E-state index contributed by atoms with van der Waals surface area (Å²) in [6, 6.07) is 0. The van der Waals surface area contributed by atoms with Crippen molar-refractivity contribution in [2.45, 2.75) is 19.8 Å². The molecule has 1 aromatic carbocycles. The Morgan fingerprint density at radius 1 is 1.08 bits per heavy atom. The first-order valence-electron chi connectivity index (χ1n) is 6.93. The van der Waals surface area contributed by atoms with Crippen LogP contribution < -0.4 is 0 Å². The molecule has 1 saturated carbocycles. The highest BCUT2D eigenvalue weighted by molar-refractivity contribution is 6.24. The first-order valence-corrected chi connectivity index (χ1v) is 6.93. The summed E-state index contributed by atoms with van der Waals surface area (Å²) in [5.74, 6) is -14.8. The highest BCUT2D eigenvalue weighted by atomic mass is 19.2. The predicted molar refractivity (Wildman–Crippen MR) is 72.9 cm³/mol. The van der Waals surface area contributed by atoms with Crippen LogP contribution >= 0.6 is 0 Å². The molecular weight excluding hydrogens is 337 g/mol. The number of aliphatic hydroxyl groups excluding tert-OH is 1. The third kappa shape index (κ3) is 2.98. The lowest BCUT2D eigenvalue weighted by atomic mass is 10.00. The standard InChI is InChI=1S/C15H12F5NO3/c1-2-24-15(23)7(13(21)5-3-4-5)14(22)6-8(16)10(18)12(20)11(19)9(6)17/h5,21-22H,2-4H2,1H3. The van der Waals surface area contributed by atoms with Crippen molar-refractivity contribution in [2.75, 3.05) is 6.61 Å². The predicted octanol–water partition coefficient (Wildman–Crippen LogP) is 3.64. The zero-order valence-corrected chi connectivity index (χ0v) is 12.4. The fraction of sp³-hybridized carbons (Fsp3) is 0.333. The largest absolute Gasteiger partial charge is 0.506 e. The van der Waals surface area contributed by atoms with Gasteiger partial charge in [-0.1, -0.05) is 0 Å². The van der Waals surface area contributed by atoms with Gasteiger partial charge in [-0.25, -0.2) is 26.7 Å². The Balaban J connectivity index is 2.72. The molecule has 0 unspecified atom stereocenters. The molecule has 4 nitrogen and oxygen atoms in total. The van der Waals surface area contributed by atoms with E-state index in [1.54, 1.807) is 0 Å². The van der Waals surface area contributed by atoms with Gasteiger partial charge in [-0.2, -0.15) is 0 Å². The molecule has 0 bridgehead atoms. The third-order valence-corrected chi connectivity index (χ3v) is 3.42. The van der Waals surface area contributed by atoms with Gasteiger partial charge in [-0.05, 0) is 19.8 Å². The third-order valence-electron chi connectivity index (χ3n) is 3.42. The van der Waals surface area contributed by atoms with Gasteiger partial charge in [0.1, 0.15) is 11.3 Å². The van der Waals surface area contributed by atoms with Gasteiger partial charge >= 0.3 is 5.97 Å². The lowest BCUT2D eigenvalue weighted by Gasteiger charge is -2.13. The number of esters is 1. The van der Waals surface area contributed by atoms with E-state index >= 15 is 0 Å². The normalized spacial score (nSPS) is 15.1. The zero-order chi connectivity index (χ0) is 18.2. The lowest BCUT2D eigenvalue weighted by Crippen LogP contribution is -2.20. The molecule has 0 aliphatic heterocycles. The molecule has 9 heteroatoms. The second-order valence-electron chi connectivity index (χ2n) is 5.08. The molecule has 1 aliphatic carbocycles. The summed E-state index contributed by atoms with van der Waals surface area (Å²) in [7, 11) is 0. The van der Waals surface area contributed by atoms with Gasteiger partial charge < -0.3 is 15.3 Å². The van der Waals surface area contributed by atoms with Crippen LogP contribution in [-0.2, 0) is 9.53 Å². The second kappa shape index (κ2) is 6.58. The molecule has 24 heavy (non-hydrogen) atoms. The monoisotopic (exact) mass is 349 g/mol. The molecule has 0 spiro atoms. The van der Waals surface area contributed by atoms with Crippen LogP contribution in [0.4, 0.5) is 22.0 Å². The molecule has 2 N–H and O–H groups in total. The Kier molecular flexibility index (Phi) is 4.91. The van der Waals surface area contributed by atoms with E-state index in [0.29, 0.717) is 12.8 Å². The van der Waals surface area contributed by atoms with E-state index in [1.807, 2.05) is 0 Å². The van der Waals surface area contributed by atoms with Crippen LogP contribution in [0.25, 0.3) is 5.76 Å². The van der Waals surface area contributed by atoms with E-state index < -0.39 is 63.6 Å². The maximum absolute atomic E-state index is 13.8. The van der Waals surface area contributed by atoms with Gasteiger partial charge in [0.05, 0.1) is 17.9 Å². The number of halogens is 5. The van der Waals surface area contributed by atoms with Crippen molar-refractivity contribution >= 4 is 17.4 Å². The van der Waals surface area contributed by atoms with Crippen molar-refractivity contribution in [3.63, 3.8) is 0 Å². The average Bonchev–Trinajstić information content (AvgIpc) is 3.36. The fourth-order valence-corrected chi connectivity index (χ4v) is 2.05. The Labute approximate surface area is 133 Å². The lowest BCUT2D eigenvalue weighted by molar-refractivity contribution is -0.137. The minimum atomic E-state index is -2.39. The zero-order valence-electron chi connectivity index (χ0n) is 12.4. The van der Waals surface area contributed by atoms with E-state index in [9.17, 15) is 31.9 Å². The summed E-state index contributed by atoms with van der Waals surface area (Å²) in [5, 5.41) is 17.8. The summed E-state index contributed by atoms with van der Waals surface area (Å²) in [4.78, 5) is 11.9. The Morgan fingerprint density at radius 2 is 1.54 bits per heavy atom. The van der Waals surface area contributed by atoms with Gasteiger partial charge in [0.15, 0.2) is 23.3 Å². The van der Waals surface area contributed by atoms with Crippen molar-refractivity contribution in [3.05, 3.63) is 40.2 Å². The highest BCUT2D eigenvalue weighted by Gasteiger charge is 2.37. The number of nitrogens with one attached hydrogen (secondary N) is 1. The van der Waals surface area contributed by atoms with Crippen LogP contribution in [0.15, 0.2) is 5.57 Å². The fourth-order valence-electron chi connectivity index (χ4n) is 2.05. The van der Waals surface area contributed by atoms with E-state index in [0.717, 1.165) is 0 Å². The SMILES string of the molecule is CCOC(=O)C(C(=N)C1CC1)=C(O)c1c(F)c(F)c(F)c(F)c1F. The molecule has 1 fully saturated rings. The first-order chi connectivity index (χ1) is 11.2. The molecule has 0 radical (unpaired) electrons. The van der Waals surface area contributed by atoms with Crippen molar-refractivity contribution in [1.82, 2.24) is 0 Å². The maximum Gasteiger partial charge on any atom is 0.343 e. The minimum Gasteiger partial charge on any atom is -0.506 e. The summed E-state index contributed by atoms with van der Waals surface area (Å²) >= 11 is 0. The van der Waals surface area contributed by atoms with Crippen LogP contribution in [0.5, 0.6) is 0 Å². The van der Waals surface area contributed by atoms with Crippen molar-refractivity contribution in [2.24, 2.45) is 5.92 Å². The van der Waals surface area contributed by atoms with Crippen LogP contribution in [0.1, 0.15) is 25.3 Å². The number of aliphatic hydroxyl groups is 1. The van der Waals surface area contributed by atoms with Crippen LogP contribution in [0.2, 0.25) is 0 Å². The molecular formula is C15H12F5NO3. The number of benzene rings is 1. The van der Waals surface area contributed by atoms with Gasteiger partial charge in [0.2, 0.25) is 5.82 Å². The quantitative estimate of drug-likeness (QED) is 0.162. The molecule has 0 saturated heterocycles. The van der Waals surface area contributed by atoms with Gasteiger partial charge in [0, 0.05) is 5.92 Å². The van der Waals surface area contributed by atoms with E-state index in [2.05, 4.69) is 4.74 Å². The molecule has 2 rings (SSSR count). The van der Waals surface area contributed by atoms with E-state index in [1.165, 1.54) is 6.92 Å². The summed E-state index contributed by atoms with van der Waals surface area (Å²) in [6.45, 7) is 1.23. The van der Waals surface area contributed by atoms with E-state index in [-0.39, 0.29) is 6.61 Å². The van der Waals surface area contributed by atoms with E-state index in [4.69, 9.17) is 5.41 Å². The van der Waals surface area contributed by atoms with Crippen molar-refractivity contribution < 1.29 is 36.6 Å². The van der Waals surface area contributed by atoms with Crippen LogP contribution in [-0.4, -0.2) is 23.4 Å². The number of hydrogen-bond acceptors (Lipinski definition) is 4. The smallest absolute Gasteiger partial charge is 0.343 e. The number of rotatable bonds is 5. The van der Waals surface area contributed by atoms with Crippen molar-refractivity contribution in [1.29, 1.82) is 5.41 Å². The van der Waals surface area contributed by atoms with Crippen molar-refractivity contribution in [3.8, 4) is 0 Å². The minimum absolute atomic E-state index is 0.176. The van der Waals surface area contributed by atoms with Gasteiger partial charge in [0.25, 0.3) is 0 Å². The number of hydrogen-bond donors (Lipinski definition) is 2. The molecule has 0 heterocycles. The number of carbonyl (C=O) groups excluding carboxylic acids is 1. The molecule has 1 aromatic rings.